The number of methoxy groups -OCH3 is 1. The predicted octanol–water partition coefficient (Wildman–Crippen LogP) is 1.90. The zero-order chi connectivity index (χ0) is 11.5. The third-order valence-corrected chi connectivity index (χ3v) is 3.37. The van der Waals surface area contributed by atoms with E-state index in [4.69, 9.17) is 5.11 Å². The van der Waals surface area contributed by atoms with Crippen LogP contribution in [-0.4, -0.2) is 24.8 Å². The molecule has 0 saturated heterocycles. The van der Waals surface area contributed by atoms with Crippen LogP contribution in [0.5, 0.6) is 0 Å². The second-order valence-corrected chi connectivity index (χ2v) is 4.80. The van der Waals surface area contributed by atoms with E-state index in [9.17, 15) is 4.79 Å². The van der Waals surface area contributed by atoms with Gasteiger partial charge in [-0.1, -0.05) is 19.4 Å². The molecule has 0 aromatic rings. The summed E-state index contributed by atoms with van der Waals surface area (Å²) < 4.78 is 4.63. The second-order valence-electron chi connectivity index (χ2n) is 4.80. The molecule has 3 nitrogen and oxygen atoms in total. The molecule has 0 aliphatic heterocycles. The first-order valence-corrected chi connectivity index (χ1v) is 5.40. The highest BCUT2D eigenvalue weighted by Gasteiger charge is 2.37. The van der Waals surface area contributed by atoms with Gasteiger partial charge in [-0.05, 0) is 30.6 Å². The van der Waals surface area contributed by atoms with Crippen molar-refractivity contribution in [1.82, 2.24) is 0 Å². The molecule has 0 spiro atoms. The summed E-state index contributed by atoms with van der Waals surface area (Å²) in [4.78, 5) is 11.2. The Morgan fingerprint density at radius 3 is 2.87 bits per heavy atom. The lowest BCUT2D eigenvalue weighted by molar-refractivity contribution is -0.134. The van der Waals surface area contributed by atoms with Crippen LogP contribution < -0.4 is 0 Å². The Kier molecular flexibility index (Phi) is 3.91. The predicted molar refractivity (Wildman–Crippen MR) is 58.3 cm³/mol. The molecule has 1 rings (SSSR count). The van der Waals surface area contributed by atoms with Gasteiger partial charge in [0.1, 0.15) is 0 Å². The van der Waals surface area contributed by atoms with Crippen LogP contribution in [0.3, 0.4) is 0 Å². The first-order chi connectivity index (χ1) is 7.01. The van der Waals surface area contributed by atoms with Crippen molar-refractivity contribution < 1.29 is 14.6 Å². The molecule has 1 aliphatic carbocycles. The van der Waals surface area contributed by atoms with Crippen molar-refractivity contribution in [3.8, 4) is 0 Å². The number of carbonyl (C=O) groups excluding carboxylic acids is 1. The Morgan fingerprint density at radius 2 is 2.33 bits per heavy atom. The van der Waals surface area contributed by atoms with E-state index < -0.39 is 0 Å². The van der Waals surface area contributed by atoms with Crippen LogP contribution in [0.4, 0.5) is 0 Å². The molecule has 0 aromatic heterocycles. The number of allylic oxidation sites excluding steroid dienone is 1. The highest BCUT2D eigenvalue weighted by atomic mass is 16.5. The lowest BCUT2D eigenvalue weighted by atomic mass is 9.79. The molecular formula is C12H20O3. The molecular weight excluding hydrogens is 192 g/mol. The normalized spacial score (nSPS) is 26.9. The number of carbonyl (C=O) groups is 1. The highest BCUT2D eigenvalue weighted by molar-refractivity contribution is 5.82. The number of aliphatic hydroxyl groups is 1. The molecule has 1 saturated carbocycles. The van der Waals surface area contributed by atoms with Crippen LogP contribution in [0.15, 0.2) is 11.6 Å². The molecule has 0 bridgehead atoms. The summed E-state index contributed by atoms with van der Waals surface area (Å²) in [5.74, 6) is 0.0206. The van der Waals surface area contributed by atoms with Gasteiger partial charge in [-0.3, -0.25) is 0 Å². The van der Waals surface area contributed by atoms with Gasteiger partial charge in [0.25, 0.3) is 0 Å². The average Bonchev–Trinajstić information content (AvgIpc) is 2.45. The molecule has 1 atom stereocenters. The number of hydrogen-bond acceptors (Lipinski definition) is 3. The monoisotopic (exact) mass is 212 g/mol. The van der Waals surface area contributed by atoms with Gasteiger partial charge in [-0.25, -0.2) is 4.79 Å². The van der Waals surface area contributed by atoms with Gasteiger partial charge in [-0.2, -0.15) is 0 Å². The van der Waals surface area contributed by atoms with E-state index in [1.54, 1.807) is 6.08 Å². The summed E-state index contributed by atoms with van der Waals surface area (Å²) in [6.07, 6.45) is 4.33. The Labute approximate surface area is 91.1 Å². The fourth-order valence-electron chi connectivity index (χ4n) is 2.41. The molecule has 0 aromatic carbocycles. The van der Waals surface area contributed by atoms with E-state index in [0.29, 0.717) is 5.92 Å². The smallest absolute Gasteiger partial charge is 0.330 e. The number of rotatable bonds is 3. The van der Waals surface area contributed by atoms with Gasteiger partial charge in [0, 0.05) is 12.7 Å². The number of hydrogen-bond donors (Lipinski definition) is 1. The van der Waals surface area contributed by atoms with Crippen molar-refractivity contribution in [3.63, 3.8) is 0 Å². The quantitative estimate of drug-likeness (QED) is 0.574. The molecule has 1 fully saturated rings. The van der Waals surface area contributed by atoms with Crippen LogP contribution in [0, 0.1) is 11.3 Å². The van der Waals surface area contributed by atoms with Gasteiger partial charge < -0.3 is 9.84 Å². The van der Waals surface area contributed by atoms with Crippen LogP contribution in [0.1, 0.15) is 33.1 Å². The Hall–Kier alpha value is -0.830. The third-order valence-electron chi connectivity index (χ3n) is 3.37. The molecule has 86 valence electrons. The SMILES string of the molecule is COC(=O)C=C1CCC(C)(C)C1CCO. The number of aliphatic hydroxyl groups excluding tert-OH is 1. The van der Waals surface area contributed by atoms with Crippen LogP contribution in [0.2, 0.25) is 0 Å². The van der Waals surface area contributed by atoms with Crippen LogP contribution >= 0.6 is 0 Å². The van der Waals surface area contributed by atoms with E-state index >= 15 is 0 Å². The molecule has 1 N–H and O–H groups in total. The summed E-state index contributed by atoms with van der Waals surface area (Å²) in [6.45, 7) is 4.55. The minimum absolute atomic E-state index is 0.173. The summed E-state index contributed by atoms with van der Waals surface area (Å²) in [5.41, 5.74) is 1.31. The highest BCUT2D eigenvalue weighted by Crippen LogP contribution is 2.47. The molecule has 1 aliphatic rings. The summed E-state index contributed by atoms with van der Waals surface area (Å²) in [5, 5.41) is 9.02. The maximum absolute atomic E-state index is 11.2. The van der Waals surface area contributed by atoms with E-state index in [2.05, 4.69) is 18.6 Å². The third kappa shape index (κ3) is 2.81. The van der Waals surface area contributed by atoms with Crippen molar-refractivity contribution in [2.45, 2.75) is 33.1 Å². The van der Waals surface area contributed by atoms with Crippen LogP contribution in [-0.2, 0) is 9.53 Å². The summed E-state index contributed by atoms with van der Waals surface area (Å²) >= 11 is 0. The minimum Gasteiger partial charge on any atom is -0.466 e. The zero-order valence-corrected chi connectivity index (χ0v) is 9.75. The minimum atomic E-state index is -0.286. The summed E-state index contributed by atoms with van der Waals surface area (Å²) in [6, 6.07) is 0. The first kappa shape index (κ1) is 12.2. The van der Waals surface area contributed by atoms with Gasteiger partial charge >= 0.3 is 5.97 Å². The van der Waals surface area contributed by atoms with Crippen molar-refractivity contribution in [2.24, 2.45) is 11.3 Å². The molecule has 3 heteroatoms. The van der Waals surface area contributed by atoms with E-state index in [1.165, 1.54) is 7.11 Å². The van der Waals surface area contributed by atoms with Crippen molar-refractivity contribution in [1.29, 1.82) is 0 Å². The molecule has 15 heavy (non-hydrogen) atoms. The van der Waals surface area contributed by atoms with Crippen molar-refractivity contribution in [2.75, 3.05) is 13.7 Å². The van der Waals surface area contributed by atoms with Crippen molar-refractivity contribution >= 4 is 5.97 Å². The lowest BCUT2D eigenvalue weighted by Crippen LogP contribution is -2.20. The van der Waals surface area contributed by atoms with Crippen molar-refractivity contribution in [3.05, 3.63) is 11.6 Å². The zero-order valence-electron chi connectivity index (χ0n) is 9.75. The molecule has 0 heterocycles. The van der Waals surface area contributed by atoms with Gasteiger partial charge in [0.2, 0.25) is 0 Å². The maximum Gasteiger partial charge on any atom is 0.330 e. The molecule has 0 amide bonds. The fourth-order valence-corrected chi connectivity index (χ4v) is 2.41. The fraction of sp³-hybridized carbons (Fsp3) is 0.750. The van der Waals surface area contributed by atoms with Gasteiger partial charge in [-0.15, -0.1) is 0 Å². The molecule has 0 radical (unpaired) electrons. The topological polar surface area (TPSA) is 46.5 Å². The molecule has 1 unspecified atom stereocenters. The maximum atomic E-state index is 11.2. The first-order valence-electron chi connectivity index (χ1n) is 5.40. The number of esters is 1. The van der Waals surface area contributed by atoms with Gasteiger partial charge in [0.15, 0.2) is 0 Å². The number of ether oxygens (including phenoxy) is 1. The van der Waals surface area contributed by atoms with E-state index in [0.717, 1.165) is 24.8 Å². The largest absolute Gasteiger partial charge is 0.466 e. The Morgan fingerprint density at radius 1 is 1.67 bits per heavy atom. The van der Waals surface area contributed by atoms with E-state index in [-0.39, 0.29) is 18.0 Å². The Bertz CT molecular complexity index is 266. The van der Waals surface area contributed by atoms with Crippen LogP contribution in [0.25, 0.3) is 0 Å². The standard InChI is InChI=1S/C12H20O3/c1-12(2)6-4-9(8-11(14)15-3)10(12)5-7-13/h8,10,13H,4-7H2,1-3H3. The van der Waals surface area contributed by atoms with Gasteiger partial charge in [0.05, 0.1) is 7.11 Å². The second kappa shape index (κ2) is 4.79. The summed E-state index contributed by atoms with van der Waals surface area (Å²) in [7, 11) is 1.39. The lowest BCUT2D eigenvalue weighted by Gasteiger charge is -2.26. The average molecular weight is 212 g/mol. The Balaban J connectivity index is 2.82. The van der Waals surface area contributed by atoms with E-state index in [1.807, 2.05) is 0 Å².